The number of aromatic nitrogens is 3. The Kier molecular flexibility index (Phi) is 4.45. The fourth-order valence-corrected chi connectivity index (χ4v) is 1.22. The summed E-state index contributed by atoms with van der Waals surface area (Å²) in [6, 6.07) is 0. The molecule has 3 heteroatoms. The topological polar surface area (TPSA) is 30.7 Å². The molecule has 1 rings (SSSR count). The molecule has 0 amide bonds. The Labute approximate surface area is 96.5 Å². The fourth-order valence-electron chi connectivity index (χ4n) is 1.22. The number of aryl methyl sites for hydroxylation is 1. The molecule has 0 fully saturated rings. The van der Waals surface area contributed by atoms with Gasteiger partial charge in [-0.05, 0) is 18.6 Å². The molecule has 0 N–H and O–H groups in total. The van der Waals surface area contributed by atoms with E-state index in [9.17, 15) is 0 Å². The first-order valence-corrected chi connectivity index (χ1v) is 5.18. The van der Waals surface area contributed by atoms with Crippen LogP contribution < -0.4 is 0 Å². The standard InChI is InChI=1S/C13H17N3/c1-5-7-8-12-13(15-16(4)14-12)10-9-11(3)6-2/h5-7,9-10H,2-3,8H2,1,4H3/b7-5-,10-9-. The van der Waals surface area contributed by atoms with Gasteiger partial charge in [-0.3, -0.25) is 0 Å². The monoisotopic (exact) mass is 215 g/mol. The molecule has 0 spiro atoms. The SMILES string of the molecule is C=CC(=C)/C=C\c1nn(C)nc1C/C=C\C. The van der Waals surface area contributed by atoms with Crippen molar-refractivity contribution >= 4 is 6.08 Å². The zero-order valence-electron chi connectivity index (χ0n) is 9.85. The highest BCUT2D eigenvalue weighted by Gasteiger charge is 2.04. The molecule has 0 aliphatic heterocycles. The summed E-state index contributed by atoms with van der Waals surface area (Å²) >= 11 is 0. The molecule has 0 atom stereocenters. The highest BCUT2D eigenvalue weighted by molar-refractivity contribution is 5.52. The second kappa shape index (κ2) is 5.85. The molecule has 1 aromatic rings. The van der Waals surface area contributed by atoms with Gasteiger partial charge in [-0.1, -0.05) is 37.5 Å². The van der Waals surface area contributed by atoms with Crippen molar-refractivity contribution in [3.8, 4) is 0 Å². The van der Waals surface area contributed by atoms with E-state index in [1.54, 1.807) is 10.9 Å². The van der Waals surface area contributed by atoms with Crippen LogP contribution in [0.4, 0.5) is 0 Å². The minimum atomic E-state index is 0.796. The van der Waals surface area contributed by atoms with Crippen LogP contribution in [0.25, 0.3) is 6.08 Å². The molecule has 0 aliphatic rings. The van der Waals surface area contributed by atoms with Crippen LogP contribution in [-0.2, 0) is 13.5 Å². The maximum Gasteiger partial charge on any atom is 0.109 e. The minimum absolute atomic E-state index is 0.796. The Hall–Kier alpha value is -1.90. The van der Waals surface area contributed by atoms with E-state index < -0.39 is 0 Å². The molecule has 0 aliphatic carbocycles. The molecule has 0 radical (unpaired) electrons. The number of hydrogen-bond acceptors (Lipinski definition) is 2. The summed E-state index contributed by atoms with van der Waals surface area (Å²) < 4.78 is 0. The number of nitrogens with zero attached hydrogens (tertiary/aromatic N) is 3. The van der Waals surface area contributed by atoms with Gasteiger partial charge >= 0.3 is 0 Å². The molecule has 84 valence electrons. The molecule has 16 heavy (non-hydrogen) atoms. The van der Waals surface area contributed by atoms with Crippen LogP contribution in [0.5, 0.6) is 0 Å². The third kappa shape index (κ3) is 3.35. The third-order valence-electron chi connectivity index (χ3n) is 2.08. The van der Waals surface area contributed by atoms with Crippen molar-refractivity contribution in [2.24, 2.45) is 7.05 Å². The molecular weight excluding hydrogens is 198 g/mol. The smallest absolute Gasteiger partial charge is 0.109 e. The van der Waals surface area contributed by atoms with Gasteiger partial charge in [-0.2, -0.15) is 15.0 Å². The van der Waals surface area contributed by atoms with Crippen molar-refractivity contribution in [1.29, 1.82) is 0 Å². The fraction of sp³-hybridized carbons (Fsp3) is 0.231. The molecular formula is C13H17N3. The van der Waals surface area contributed by atoms with E-state index in [-0.39, 0.29) is 0 Å². The lowest BCUT2D eigenvalue weighted by Gasteiger charge is -1.90. The molecule has 3 nitrogen and oxygen atoms in total. The van der Waals surface area contributed by atoms with Crippen LogP contribution in [0, 0.1) is 0 Å². The van der Waals surface area contributed by atoms with E-state index in [1.807, 2.05) is 32.2 Å². The lowest BCUT2D eigenvalue weighted by molar-refractivity contribution is 0.646. The summed E-state index contributed by atoms with van der Waals surface area (Å²) in [5.74, 6) is 0. The Morgan fingerprint density at radius 1 is 1.44 bits per heavy atom. The summed E-state index contributed by atoms with van der Waals surface area (Å²) in [6.07, 6.45) is 10.4. The zero-order chi connectivity index (χ0) is 12.0. The van der Waals surface area contributed by atoms with Crippen molar-refractivity contribution in [3.05, 3.63) is 54.4 Å². The Balaban J connectivity index is 2.89. The van der Waals surface area contributed by atoms with Crippen LogP contribution in [0.3, 0.4) is 0 Å². The minimum Gasteiger partial charge on any atom is -0.187 e. The third-order valence-corrected chi connectivity index (χ3v) is 2.08. The molecule has 0 bridgehead atoms. The first-order valence-electron chi connectivity index (χ1n) is 5.18. The quantitative estimate of drug-likeness (QED) is 0.558. The van der Waals surface area contributed by atoms with E-state index in [0.717, 1.165) is 23.4 Å². The first kappa shape index (κ1) is 12.2. The zero-order valence-corrected chi connectivity index (χ0v) is 9.85. The lowest BCUT2D eigenvalue weighted by Crippen LogP contribution is -1.92. The Morgan fingerprint density at radius 2 is 2.19 bits per heavy atom. The van der Waals surface area contributed by atoms with E-state index in [0.29, 0.717) is 0 Å². The normalized spacial score (nSPS) is 11.4. The van der Waals surface area contributed by atoms with Crippen LogP contribution in [0.1, 0.15) is 18.3 Å². The van der Waals surface area contributed by atoms with Gasteiger partial charge in [0.05, 0.1) is 5.69 Å². The van der Waals surface area contributed by atoms with Crippen molar-refractivity contribution < 1.29 is 0 Å². The summed E-state index contributed by atoms with van der Waals surface area (Å²) in [6.45, 7) is 9.45. The van der Waals surface area contributed by atoms with Gasteiger partial charge in [0.1, 0.15) is 5.69 Å². The van der Waals surface area contributed by atoms with Gasteiger partial charge in [0, 0.05) is 13.5 Å². The summed E-state index contributed by atoms with van der Waals surface area (Å²) in [5, 5.41) is 8.58. The highest BCUT2D eigenvalue weighted by atomic mass is 15.5. The van der Waals surface area contributed by atoms with Crippen molar-refractivity contribution in [2.45, 2.75) is 13.3 Å². The average molecular weight is 215 g/mol. The van der Waals surface area contributed by atoms with Gasteiger partial charge in [-0.25, -0.2) is 0 Å². The van der Waals surface area contributed by atoms with Gasteiger partial charge in [-0.15, -0.1) is 0 Å². The number of hydrogen-bond donors (Lipinski definition) is 0. The first-order chi connectivity index (χ1) is 7.67. The van der Waals surface area contributed by atoms with Crippen molar-refractivity contribution in [3.63, 3.8) is 0 Å². The number of allylic oxidation sites excluding steroid dienone is 5. The molecule has 1 heterocycles. The molecule has 1 aromatic heterocycles. The molecule has 0 aromatic carbocycles. The highest BCUT2D eigenvalue weighted by Crippen LogP contribution is 2.08. The molecule has 0 saturated carbocycles. The summed E-state index contributed by atoms with van der Waals surface area (Å²) in [7, 11) is 1.82. The maximum absolute atomic E-state index is 4.30. The summed E-state index contributed by atoms with van der Waals surface area (Å²) in [5.41, 5.74) is 2.71. The molecule has 0 saturated heterocycles. The van der Waals surface area contributed by atoms with Gasteiger partial charge in [0.25, 0.3) is 0 Å². The second-order valence-corrected chi connectivity index (χ2v) is 3.41. The van der Waals surface area contributed by atoms with Crippen LogP contribution in [-0.4, -0.2) is 15.0 Å². The molecule has 0 unspecified atom stereocenters. The van der Waals surface area contributed by atoms with E-state index >= 15 is 0 Å². The van der Waals surface area contributed by atoms with Crippen molar-refractivity contribution in [1.82, 2.24) is 15.0 Å². The van der Waals surface area contributed by atoms with Crippen LogP contribution >= 0.6 is 0 Å². The van der Waals surface area contributed by atoms with Gasteiger partial charge in [0.15, 0.2) is 0 Å². The van der Waals surface area contributed by atoms with Crippen LogP contribution in [0.15, 0.2) is 43.0 Å². The lowest BCUT2D eigenvalue weighted by atomic mass is 10.2. The van der Waals surface area contributed by atoms with E-state index in [4.69, 9.17) is 0 Å². The van der Waals surface area contributed by atoms with Crippen molar-refractivity contribution in [2.75, 3.05) is 0 Å². The Bertz CT molecular complexity index is 436. The maximum atomic E-state index is 4.30. The number of rotatable bonds is 5. The van der Waals surface area contributed by atoms with Crippen LogP contribution in [0.2, 0.25) is 0 Å². The average Bonchev–Trinajstić information content (AvgIpc) is 2.63. The van der Waals surface area contributed by atoms with Gasteiger partial charge < -0.3 is 0 Å². The van der Waals surface area contributed by atoms with E-state index in [2.05, 4.69) is 29.4 Å². The Morgan fingerprint density at radius 3 is 2.81 bits per heavy atom. The van der Waals surface area contributed by atoms with E-state index in [1.165, 1.54) is 0 Å². The summed E-state index contributed by atoms with van der Waals surface area (Å²) in [4.78, 5) is 1.58. The van der Waals surface area contributed by atoms with Gasteiger partial charge in [0.2, 0.25) is 0 Å². The second-order valence-electron chi connectivity index (χ2n) is 3.41. The predicted octanol–water partition coefficient (Wildman–Crippen LogP) is 2.69. The predicted molar refractivity (Wildman–Crippen MR) is 67.9 cm³/mol. The largest absolute Gasteiger partial charge is 0.187 e.